The number of ether oxygens (including phenoxy) is 1. The highest BCUT2D eigenvalue weighted by Crippen LogP contribution is 2.44. The number of hydrogen-bond donors (Lipinski definition) is 3. The van der Waals surface area contributed by atoms with Crippen LogP contribution < -0.4 is 5.32 Å². The highest BCUT2D eigenvalue weighted by atomic mass is 16.5. The molecule has 1 aromatic heterocycles. The molecule has 0 fully saturated rings. The first kappa shape index (κ1) is 31.0. The molecule has 0 radical (unpaired) electrons. The fourth-order valence-corrected chi connectivity index (χ4v) is 4.66. The summed E-state index contributed by atoms with van der Waals surface area (Å²) in [7, 11) is 0. The molecule has 0 saturated carbocycles. The van der Waals surface area contributed by atoms with E-state index in [9.17, 15) is 9.59 Å². The number of carbonyl (C=O) groups is 2. The monoisotopic (exact) mass is 519 g/mol. The van der Waals surface area contributed by atoms with Gasteiger partial charge in [0.15, 0.2) is 0 Å². The summed E-state index contributed by atoms with van der Waals surface area (Å²) in [5.41, 5.74) is 2.30. The third-order valence-corrected chi connectivity index (χ3v) is 8.19. The van der Waals surface area contributed by atoms with Crippen LogP contribution in [-0.4, -0.2) is 71.4 Å². The number of pyridine rings is 1. The maximum atomic E-state index is 11.0. The topological polar surface area (TPSA) is 112 Å². The van der Waals surface area contributed by atoms with Gasteiger partial charge in [-0.1, -0.05) is 33.8 Å². The van der Waals surface area contributed by atoms with Crippen molar-refractivity contribution in [2.75, 3.05) is 44.7 Å². The van der Waals surface area contributed by atoms with E-state index in [0.717, 1.165) is 76.2 Å². The number of carboxylic acid groups (broad SMARTS) is 2. The van der Waals surface area contributed by atoms with Gasteiger partial charge in [0.2, 0.25) is 0 Å². The average Bonchev–Trinajstić information content (AvgIpc) is 2.84. The number of unbranched alkanes of at least 4 members (excludes halogenated alkanes) is 1. The fraction of sp³-hybridized carbons (Fsp3) is 0.759. The van der Waals surface area contributed by atoms with E-state index in [-0.39, 0.29) is 23.7 Å². The number of rotatable bonds is 19. The predicted octanol–water partition coefficient (Wildman–Crippen LogP) is 5.25. The number of aryl methyl sites for hydroxylation is 2. The van der Waals surface area contributed by atoms with Gasteiger partial charge in [0.1, 0.15) is 5.82 Å². The average molecular weight is 520 g/mol. The minimum atomic E-state index is -0.754. The Hall–Kier alpha value is -2.19. The molecule has 0 spiro atoms. The largest absolute Gasteiger partial charge is 0.481 e. The van der Waals surface area contributed by atoms with Gasteiger partial charge in [-0.15, -0.1) is 0 Å². The Morgan fingerprint density at radius 1 is 0.946 bits per heavy atom. The standard InChI is InChI=1S/C29H49N3O5/c1-28(2,15-14-26(35)36)29(3,4)16-21-37-22-20-32(19-8-11-25(33)34)18-6-5-10-24-13-12-23-9-7-17-30-27(23)31-24/h12-13H,5-11,14-22H2,1-4H3,(H,30,31)(H,33,34)(H,35,36). The zero-order valence-electron chi connectivity index (χ0n) is 23.5. The summed E-state index contributed by atoms with van der Waals surface area (Å²) in [6.45, 7) is 13.3. The number of carboxylic acids is 2. The molecular formula is C29H49N3O5. The molecule has 210 valence electrons. The molecule has 37 heavy (non-hydrogen) atoms. The number of nitrogens with one attached hydrogen (secondary N) is 1. The van der Waals surface area contributed by atoms with Crippen molar-refractivity contribution in [2.24, 2.45) is 10.8 Å². The zero-order chi connectivity index (χ0) is 27.3. The number of hydrogen-bond acceptors (Lipinski definition) is 6. The molecule has 0 aromatic carbocycles. The van der Waals surface area contributed by atoms with Crippen molar-refractivity contribution in [1.29, 1.82) is 0 Å². The third-order valence-electron chi connectivity index (χ3n) is 8.19. The molecule has 2 rings (SSSR count). The second-order valence-electron chi connectivity index (χ2n) is 11.7. The molecule has 0 bridgehead atoms. The fourth-order valence-electron chi connectivity index (χ4n) is 4.66. The van der Waals surface area contributed by atoms with Gasteiger partial charge < -0.3 is 25.2 Å². The van der Waals surface area contributed by atoms with Crippen LogP contribution in [0.15, 0.2) is 12.1 Å². The van der Waals surface area contributed by atoms with Gasteiger partial charge in [0, 0.05) is 38.2 Å². The van der Waals surface area contributed by atoms with Crippen LogP contribution in [-0.2, 0) is 27.2 Å². The highest BCUT2D eigenvalue weighted by molar-refractivity contribution is 5.66. The van der Waals surface area contributed by atoms with Crippen molar-refractivity contribution in [3.63, 3.8) is 0 Å². The van der Waals surface area contributed by atoms with E-state index in [0.29, 0.717) is 26.1 Å². The molecule has 1 aliphatic heterocycles. The van der Waals surface area contributed by atoms with Gasteiger partial charge in [0.05, 0.1) is 6.61 Å². The smallest absolute Gasteiger partial charge is 0.303 e. The molecule has 8 nitrogen and oxygen atoms in total. The minimum absolute atomic E-state index is 0.0378. The Morgan fingerprint density at radius 2 is 1.65 bits per heavy atom. The summed E-state index contributed by atoms with van der Waals surface area (Å²) in [6, 6.07) is 4.35. The maximum absolute atomic E-state index is 11.0. The summed E-state index contributed by atoms with van der Waals surface area (Å²) in [5.74, 6) is -0.459. The summed E-state index contributed by atoms with van der Waals surface area (Å²) >= 11 is 0. The summed E-state index contributed by atoms with van der Waals surface area (Å²) in [5, 5.41) is 21.5. The van der Waals surface area contributed by atoms with Gasteiger partial charge >= 0.3 is 11.9 Å². The van der Waals surface area contributed by atoms with Gasteiger partial charge in [0.25, 0.3) is 0 Å². The Kier molecular flexibility index (Phi) is 12.8. The Labute approximate surface area is 223 Å². The lowest BCUT2D eigenvalue weighted by molar-refractivity contribution is -0.138. The second-order valence-corrected chi connectivity index (χ2v) is 11.7. The first-order valence-electron chi connectivity index (χ1n) is 14.0. The van der Waals surface area contributed by atoms with Gasteiger partial charge in [-0.2, -0.15) is 0 Å². The van der Waals surface area contributed by atoms with Gasteiger partial charge in [-0.25, -0.2) is 4.98 Å². The van der Waals surface area contributed by atoms with Crippen molar-refractivity contribution in [3.05, 3.63) is 23.4 Å². The van der Waals surface area contributed by atoms with E-state index in [4.69, 9.17) is 19.9 Å². The van der Waals surface area contributed by atoms with Crippen LogP contribution in [0.5, 0.6) is 0 Å². The third kappa shape index (κ3) is 11.4. The molecule has 1 aliphatic rings. The number of aliphatic carboxylic acids is 2. The van der Waals surface area contributed by atoms with E-state index in [1.165, 1.54) is 5.56 Å². The molecule has 0 unspecified atom stereocenters. The van der Waals surface area contributed by atoms with E-state index >= 15 is 0 Å². The molecule has 0 amide bonds. The van der Waals surface area contributed by atoms with Crippen LogP contribution >= 0.6 is 0 Å². The van der Waals surface area contributed by atoms with Crippen LogP contribution in [0.4, 0.5) is 5.82 Å². The molecule has 3 N–H and O–H groups in total. The van der Waals surface area contributed by atoms with Gasteiger partial charge in [-0.05, 0) is 86.9 Å². The molecule has 0 atom stereocenters. The first-order valence-corrected chi connectivity index (χ1v) is 14.0. The molecular weight excluding hydrogens is 470 g/mol. The normalized spacial score (nSPS) is 13.9. The van der Waals surface area contributed by atoms with E-state index in [2.05, 4.69) is 50.0 Å². The Balaban J connectivity index is 1.73. The molecule has 0 aliphatic carbocycles. The van der Waals surface area contributed by atoms with Crippen molar-refractivity contribution < 1.29 is 24.5 Å². The maximum Gasteiger partial charge on any atom is 0.303 e. The Morgan fingerprint density at radius 3 is 2.38 bits per heavy atom. The molecule has 1 aromatic rings. The van der Waals surface area contributed by atoms with Crippen molar-refractivity contribution in [3.8, 4) is 0 Å². The SMILES string of the molecule is CC(C)(CCOCCN(CCCCc1ccc2c(n1)NCCC2)CCCC(=O)O)C(C)(C)CCC(=O)O. The lowest BCUT2D eigenvalue weighted by atomic mass is 9.64. The number of nitrogens with zero attached hydrogens (tertiary/aromatic N) is 2. The predicted molar refractivity (Wildman–Crippen MR) is 147 cm³/mol. The molecule has 0 saturated heterocycles. The summed E-state index contributed by atoms with van der Waals surface area (Å²) in [6.07, 6.45) is 7.79. The molecule has 2 heterocycles. The minimum Gasteiger partial charge on any atom is -0.481 e. The van der Waals surface area contributed by atoms with Crippen LogP contribution in [0, 0.1) is 10.8 Å². The zero-order valence-corrected chi connectivity index (χ0v) is 23.5. The first-order chi connectivity index (χ1) is 17.5. The van der Waals surface area contributed by atoms with Crippen LogP contribution in [0.1, 0.15) is 90.3 Å². The van der Waals surface area contributed by atoms with E-state index < -0.39 is 11.9 Å². The lowest BCUT2D eigenvalue weighted by Gasteiger charge is -2.42. The quantitative estimate of drug-likeness (QED) is 0.212. The number of fused-ring (bicyclic) bond motifs is 1. The van der Waals surface area contributed by atoms with E-state index in [1.54, 1.807) is 0 Å². The van der Waals surface area contributed by atoms with Crippen molar-refractivity contribution in [1.82, 2.24) is 9.88 Å². The second kappa shape index (κ2) is 15.3. The molecule has 8 heteroatoms. The highest BCUT2D eigenvalue weighted by Gasteiger charge is 2.36. The summed E-state index contributed by atoms with van der Waals surface area (Å²) < 4.78 is 5.99. The van der Waals surface area contributed by atoms with E-state index in [1.807, 2.05) is 0 Å². The van der Waals surface area contributed by atoms with Crippen LogP contribution in [0.3, 0.4) is 0 Å². The van der Waals surface area contributed by atoms with Crippen LogP contribution in [0.2, 0.25) is 0 Å². The number of aromatic nitrogens is 1. The Bertz CT molecular complexity index is 856. The summed E-state index contributed by atoms with van der Waals surface area (Å²) in [4.78, 5) is 29.1. The van der Waals surface area contributed by atoms with Crippen molar-refractivity contribution >= 4 is 17.8 Å². The van der Waals surface area contributed by atoms with Gasteiger partial charge in [-0.3, -0.25) is 9.59 Å². The van der Waals surface area contributed by atoms with Crippen LogP contribution in [0.25, 0.3) is 0 Å². The number of anilines is 1. The van der Waals surface area contributed by atoms with Crippen molar-refractivity contribution in [2.45, 2.75) is 91.9 Å². The lowest BCUT2D eigenvalue weighted by Crippen LogP contribution is -2.35.